The Morgan fingerprint density at radius 1 is 1.10 bits per heavy atom. The molecule has 0 radical (unpaired) electrons. The third-order valence-corrected chi connectivity index (χ3v) is 7.29. The molecule has 0 bridgehead atoms. The zero-order chi connectivity index (χ0) is 21.5. The number of halogens is 1. The normalized spacial score (nSPS) is 31.2. The van der Waals surface area contributed by atoms with E-state index in [2.05, 4.69) is 5.32 Å². The SMILES string of the molecule is COc1ccc(N2C(=O)[C@H]3[C@@H](C2=O)[C@@]2(C(=O)Nc4ccc(F)cc42)N2CCC[C@@H]32)cc1. The van der Waals surface area contributed by atoms with Gasteiger partial charge in [0.2, 0.25) is 17.7 Å². The number of nitrogens with one attached hydrogen (secondary N) is 1. The maximum Gasteiger partial charge on any atom is 0.250 e. The van der Waals surface area contributed by atoms with E-state index in [0.717, 1.165) is 12.8 Å². The summed E-state index contributed by atoms with van der Waals surface area (Å²) in [6.45, 7) is 0.587. The van der Waals surface area contributed by atoms with E-state index in [4.69, 9.17) is 4.74 Å². The number of nitrogens with zero attached hydrogens (tertiary/aromatic N) is 2. The molecule has 0 unspecified atom stereocenters. The van der Waals surface area contributed by atoms with Gasteiger partial charge in [0.15, 0.2) is 0 Å². The Kier molecular flexibility index (Phi) is 3.66. The number of rotatable bonds is 2. The molecule has 1 spiro atoms. The summed E-state index contributed by atoms with van der Waals surface area (Å²) in [5.74, 6) is -2.47. The summed E-state index contributed by atoms with van der Waals surface area (Å²) >= 11 is 0. The van der Waals surface area contributed by atoms with E-state index >= 15 is 0 Å². The van der Waals surface area contributed by atoms with Crippen LogP contribution in [0.25, 0.3) is 0 Å². The fourth-order valence-corrected chi connectivity index (χ4v) is 6.16. The van der Waals surface area contributed by atoms with E-state index in [0.29, 0.717) is 29.2 Å². The van der Waals surface area contributed by atoms with E-state index in [1.165, 1.54) is 23.1 Å². The maximum atomic E-state index is 14.3. The van der Waals surface area contributed by atoms with Crippen LogP contribution in [0.3, 0.4) is 0 Å². The Balaban J connectivity index is 1.53. The lowest BCUT2D eigenvalue weighted by molar-refractivity contribution is -0.135. The van der Waals surface area contributed by atoms with Crippen LogP contribution in [0.5, 0.6) is 5.75 Å². The summed E-state index contributed by atoms with van der Waals surface area (Å²) in [6, 6.07) is 10.6. The van der Waals surface area contributed by atoms with Crippen LogP contribution in [-0.2, 0) is 19.9 Å². The van der Waals surface area contributed by atoms with Gasteiger partial charge >= 0.3 is 0 Å². The first kappa shape index (κ1) is 18.5. The van der Waals surface area contributed by atoms with E-state index in [1.807, 2.05) is 4.90 Å². The predicted octanol–water partition coefficient (Wildman–Crippen LogP) is 2.27. The number of benzene rings is 2. The summed E-state index contributed by atoms with van der Waals surface area (Å²) in [7, 11) is 1.54. The van der Waals surface area contributed by atoms with Gasteiger partial charge in [0.25, 0.3) is 0 Å². The Morgan fingerprint density at radius 3 is 2.61 bits per heavy atom. The van der Waals surface area contributed by atoms with Gasteiger partial charge in [0, 0.05) is 17.3 Å². The molecule has 158 valence electrons. The minimum atomic E-state index is -1.36. The van der Waals surface area contributed by atoms with Gasteiger partial charge in [-0.05, 0) is 61.9 Å². The standard InChI is InChI=1S/C23H20FN3O4/c1-31-14-7-5-13(6-8-14)27-20(28)18-17-3-2-10-26(17)23(19(18)21(27)29)15-11-12(24)4-9-16(15)25-22(23)30/h4-9,11,17-19H,2-3,10H2,1H3,(H,25,30)/t17-,18+,19-,23-/m0/s1. The Hall–Kier alpha value is -3.26. The molecule has 6 rings (SSSR count). The third kappa shape index (κ3) is 2.13. The molecule has 0 saturated carbocycles. The summed E-state index contributed by atoms with van der Waals surface area (Å²) in [5.41, 5.74) is 0.0373. The highest BCUT2D eigenvalue weighted by molar-refractivity contribution is 6.25. The van der Waals surface area contributed by atoms with Crippen LogP contribution >= 0.6 is 0 Å². The average molecular weight is 421 g/mol. The van der Waals surface area contributed by atoms with Crippen molar-refractivity contribution in [1.82, 2.24) is 4.90 Å². The van der Waals surface area contributed by atoms with Gasteiger partial charge in [-0.3, -0.25) is 19.3 Å². The van der Waals surface area contributed by atoms with Crippen molar-refractivity contribution in [2.24, 2.45) is 11.8 Å². The molecule has 3 amide bonds. The molecule has 8 heteroatoms. The smallest absolute Gasteiger partial charge is 0.250 e. The van der Waals surface area contributed by atoms with Crippen LogP contribution in [0.1, 0.15) is 18.4 Å². The number of amides is 3. The maximum absolute atomic E-state index is 14.3. The molecule has 0 aliphatic carbocycles. The van der Waals surface area contributed by atoms with Crippen LogP contribution < -0.4 is 15.0 Å². The van der Waals surface area contributed by atoms with Gasteiger partial charge in [0.1, 0.15) is 17.1 Å². The van der Waals surface area contributed by atoms with Crippen LogP contribution in [0, 0.1) is 17.7 Å². The van der Waals surface area contributed by atoms with Crippen LogP contribution in [0.2, 0.25) is 0 Å². The molecule has 1 N–H and O–H groups in total. The van der Waals surface area contributed by atoms with Crippen molar-refractivity contribution >= 4 is 29.1 Å². The summed E-state index contributed by atoms with van der Waals surface area (Å²) in [4.78, 5) is 43.9. The van der Waals surface area contributed by atoms with Gasteiger partial charge in [0.05, 0.1) is 24.6 Å². The zero-order valence-corrected chi connectivity index (χ0v) is 16.8. The lowest BCUT2D eigenvalue weighted by Crippen LogP contribution is -2.54. The van der Waals surface area contributed by atoms with Crippen LogP contribution in [0.4, 0.5) is 15.8 Å². The van der Waals surface area contributed by atoms with E-state index < -0.39 is 29.1 Å². The molecule has 4 atom stereocenters. The Morgan fingerprint density at radius 2 is 1.87 bits per heavy atom. The number of carbonyl (C=O) groups is 3. The first-order valence-electron chi connectivity index (χ1n) is 10.4. The number of fused-ring (bicyclic) bond motifs is 7. The molecule has 4 aliphatic heterocycles. The fraction of sp³-hybridized carbons (Fsp3) is 0.348. The molecule has 3 fully saturated rings. The third-order valence-electron chi connectivity index (χ3n) is 7.29. The molecule has 4 heterocycles. The second kappa shape index (κ2) is 6.13. The molecule has 7 nitrogen and oxygen atoms in total. The molecular formula is C23H20FN3O4. The summed E-state index contributed by atoms with van der Waals surface area (Å²) in [5, 5.41) is 2.84. The van der Waals surface area contributed by atoms with Crippen LogP contribution in [-0.4, -0.2) is 42.3 Å². The fourth-order valence-electron chi connectivity index (χ4n) is 6.16. The second-order valence-corrected chi connectivity index (χ2v) is 8.53. The number of hydrogen-bond donors (Lipinski definition) is 1. The van der Waals surface area contributed by atoms with Crippen molar-refractivity contribution in [3.05, 3.63) is 53.8 Å². The molecule has 4 aliphatic rings. The number of methoxy groups -OCH3 is 1. The molecule has 31 heavy (non-hydrogen) atoms. The molecule has 2 aromatic rings. The van der Waals surface area contributed by atoms with Crippen molar-refractivity contribution in [2.45, 2.75) is 24.4 Å². The summed E-state index contributed by atoms with van der Waals surface area (Å²) < 4.78 is 19.4. The zero-order valence-electron chi connectivity index (χ0n) is 16.8. The Bertz CT molecular complexity index is 1150. The van der Waals surface area contributed by atoms with Crippen molar-refractivity contribution in [2.75, 3.05) is 23.9 Å². The molecule has 2 aromatic carbocycles. The van der Waals surface area contributed by atoms with E-state index in [1.54, 1.807) is 31.4 Å². The monoisotopic (exact) mass is 421 g/mol. The minimum Gasteiger partial charge on any atom is -0.497 e. The Labute approximate surface area is 177 Å². The highest BCUT2D eigenvalue weighted by Crippen LogP contribution is 2.60. The minimum absolute atomic E-state index is 0.232. The van der Waals surface area contributed by atoms with Gasteiger partial charge in [-0.25, -0.2) is 9.29 Å². The first-order valence-corrected chi connectivity index (χ1v) is 10.4. The molecule has 3 saturated heterocycles. The molecule has 0 aromatic heterocycles. The summed E-state index contributed by atoms with van der Waals surface area (Å²) in [6.07, 6.45) is 1.54. The van der Waals surface area contributed by atoms with Crippen LogP contribution in [0.15, 0.2) is 42.5 Å². The largest absolute Gasteiger partial charge is 0.497 e. The van der Waals surface area contributed by atoms with Gasteiger partial charge in [-0.2, -0.15) is 0 Å². The van der Waals surface area contributed by atoms with E-state index in [-0.39, 0.29) is 17.9 Å². The van der Waals surface area contributed by atoms with Crippen molar-refractivity contribution in [3.8, 4) is 5.75 Å². The van der Waals surface area contributed by atoms with Crippen molar-refractivity contribution < 1.29 is 23.5 Å². The topological polar surface area (TPSA) is 78.9 Å². The number of ether oxygens (including phenoxy) is 1. The highest BCUT2D eigenvalue weighted by atomic mass is 19.1. The quantitative estimate of drug-likeness (QED) is 0.753. The van der Waals surface area contributed by atoms with Gasteiger partial charge in [-0.15, -0.1) is 0 Å². The number of carbonyl (C=O) groups excluding carboxylic acids is 3. The number of hydrogen-bond acceptors (Lipinski definition) is 5. The average Bonchev–Trinajstić information content (AvgIpc) is 3.47. The molecular weight excluding hydrogens is 401 g/mol. The second-order valence-electron chi connectivity index (χ2n) is 8.53. The lowest BCUT2D eigenvalue weighted by atomic mass is 9.75. The predicted molar refractivity (Wildman–Crippen MR) is 109 cm³/mol. The van der Waals surface area contributed by atoms with Gasteiger partial charge in [-0.1, -0.05) is 0 Å². The lowest BCUT2D eigenvalue weighted by Gasteiger charge is -2.36. The highest BCUT2D eigenvalue weighted by Gasteiger charge is 2.74. The number of imide groups is 1. The van der Waals surface area contributed by atoms with Crippen molar-refractivity contribution in [3.63, 3.8) is 0 Å². The van der Waals surface area contributed by atoms with Gasteiger partial charge < -0.3 is 10.1 Å². The van der Waals surface area contributed by atoms with Crippen molar-refractivity contribution in [1.29, 1.82) is 0 Å². The van der Waals surface area contributed by atoms with E-state index in [9.17, 15) is 18.8 Å². The number of anilines is 2. The first-order chi connectivity index (χ1) is 15.0.